The van der Waals surface area contributed by atoms with Crippen molar-refractivity contribution in [2.24, 2.45) is 4.99 Å². The number of hydrogen-bond acceptors (Lipinski definition) is 6. The molecular formula is C31H25Cl2IN2O4S. The number of nitrogens with zero attached hydrogens (tertiary/aromatic N) is 2. The molecule has 1 aliphatic rings. The lowest BCUT2D eigenvalue weighted by molar-refractivity contribution is -0.139. The average molecular weight is 719 g/mol. The summed E-state index contributed by atoms with van der Waals surface area (Å²) in [7, 11) is 0. The van der Waals surface area contributed by atoms with Crippen LogP contribution in [-0.4, -0.2) is 17.1 Å². The molecule has 1 aliphatic heterocycles. The summed E-state index contributed by atoms with van der Waals surface area (Å²) in [5.74, 6) is 0.225. The van der Waals surface area contributed by atoms with Gasteiger partial charge in [-0.25, -0.2) is 9.79 Å². The van der Waals surface area contributed by atoms with Crippen molar-refractivity contribution in [1.29, 1.82) is 0 Å². The summed E-state index contributed by atoms with van der Waals surface area (Å²) in [6.07, 6.45) is 1.83. The van der Waals surface area contributed by atoms with Crippen LogP contribution in [0.25, 0.3) is 6.08 Å². The molecule has 2 heterocycles. The van der Waals surface area contributed by atoms with Crippen molar-refractivity contribution in [2.75, 3.05) is 6.61 Å². The highest BCUT2D eigenvalue weighted by molar-refractivity contribution is 14.1. The van der Waals surface area contributed by atoms with E-state index in [1.54, 1.807) is 30.5 Å². The smallest absolute Gasteiger partial charge is 0.338 e. The van der Waals surface area contributed by atoms with Crippen molar-refractivity contribution >= 4 is 69.2 Å². The predicted octanol–water partition coefficient (Wildman–Crippen LogP) is 6.60. The van der Waals surface area contributed by atoms with Crippen LogP contribution in [0.2, 0.25) is 10.0 Å². The van der Waals surface area contributed by atoms with E-state index in [4.69, 9.17) is 32.7 Å². The van der Waals surface area contributed by atoms with E-state index in [2.05, 4.69) is 27.6 Å². The number of hydrogen-bond donors (Lipinski definition) is 0. The van der Waals surface area contributed by atoms with E-state index in [0.717, 1.165) is 25.8 Å². The zero-order valence-corrected chi connectivity index (χ0v) is 26.9. The van der Waals surface area contributed by atoms with E-state index in [0.29, 0.717) is 43.0 Å². The van der Waals surface area contributed by atoms with Gasteiger partial charge in [0.1, 0.15) is 12.4 Å². The van der Waals surface area contributed by atoms with E-state index in [-0.39, 0.29) is 12.2 Å². The number of thiazole rings is 1. The van der Waals surface area contributed by atoms with E-state index in [1.807, 2.05) is 61.5 Å². The zero-order chi connectivity index (χ0) is 29.3. The van der Waals surface area contributed by atoms with Crippen LogP contribution in [0.3, 0.4) is 0 Å². The number of aryl methyl sites for hydroxylation is 1. The van der Waals surface area contributed by atoms with Crippen molar-refractivity contribution in [2.45, 2.75) is 33.4 Å². The molecule has 0 saturated heterocycles. The van der Waals surface area contributed by atoms with Crippen molar-refractivity contribution < 1.29 is 14.3 Å². The highest BCUT2D eigenvalue weighted by Gasteiger charge is 2.33. The Balaban J connectivity index is 1.51. The number of fused-ring (bicyclic) bond motifs is 1. The number of ether oxygens (including phenoxy) is 2. The molecule has 0 N–H and O–H groups in total. The molecule has 0 bridgehead atoms. The molecule has 0 radical (unpaired) electrons. The second-order valence-corrected chi connectivity index (χ2v) is 12.4. The zero-order valence-electron chi connectivity index (χ0n) is 22.4. The number of allylic oxidation sites excluding steroid dienone is 1. The Labute approximate surface area is 264 Å². The normalized spacial score (nSPS) is 15.0. The molecule has 1 aromatic heterocycles. The van der Waals surface area contributed by atoms with Crippen LogP contribution in [0.15, 0.2) is 81.7 Å². The molecule has 10 heteroatoms. The first kappa shape index (κ1) is 29.6. The van der Waals surface area contributed by atoms with Gasteiger partial charge in [-0.1, -0.05) is 76.5 Å². The molecule has 5 rings (SSSR count). The summed E-state index contributed by atoms with van der Waals surface area (Å²) in [5, 5.41) is 1.12. The summed E-state index contributed by atoms with van der Waals surface area (Å²) >= 11 is 15.8. The van der Waals surface area contributed by atoms with Gasteiger partial charge in [-0.2, -0.15) is 0 Å². The second kappa shape index (κ2) is 12.5. The number of esters is 1. The van der Waals surface area contributed by atoms with Crippen molar-refractivity contribution in [3.63, 3.8) is 0 Å². The molecule has 0 saturated carbocycles. The van der Waals surface area contributed by atoms with Gasteiger partial charge >= 0.3 is 5.97 Å². The highest BCUT2D eigenvalue weighted by atomic mass is 127. The Morgan fingerprint density at radius 3 is 2.54 bits per heavy atom. The number of rotatable bonds is 7. The number of halogens is 3. The Morgan fingerprint density at radius 2 is 1.85 bits per heavy atom. The molecule has 1 atom stereocenters. The van der Waals surface area contributed by atoms with Crippen LogP contribution in [0.1, 0.15) is 42.1 Å². The fraction of sp³-hybridized carbons (Fsp3) is 0.194. The molecule has 0 spiro atoms. The van der Waals surface area contributed by atoms with E-state index in [9.17, 15) is 9.59 Å². The van der Waals surface area contributed by atoms with Gasteiger partial charge in [-0.05, 0) is 84.8 Å². The van der Waals surface area contributed by atoms with Crippen LogP contribution < -0.4 is 19.6 Å². The van der Waals surface area contributed by atoms with Crippen LogP contribution in [-0.2, 0) is 16.1 Å². The minimum atomic E-state index is -0.636. The number of carbonyl (C=O) groups excluding carboxylic acids is 1. The van der Waals surface area contributed by atoms with Gasteiger partial charge in [0, 0.05) is 15.6 Å². The van der Waals surface area contributed by atoms with Crippen LogP contribution in [0.5, 0.6) is 5.75 Å². The monoisotopic (exact) mass is 718 g/mol. The SMILES string of the molecule is CCOC(=O)C1=C(C)N=c2s/c(=C/c3ccc(OCc4ccc(Cl)cc4Cl)c(I)c3)c(=O)n2[C@H]1c1ccc(C)cc1. The minimum absolute atomic E-state index is 0.221. The number of carbonyl (C=O) groups is 1. The molecule has 6 nitrogen and oxygen atoms in total. The Morgan fingerprint density at radius 1 is 1.10 bits per heavy atom. The lowest BCUT2D eigenvalue weighted by Gasteiger charge is -2.24. The Bertz CT molecular complexity index is 1860. The van der Waals surface area contributed by atoms with Gasteiger partial charge in [0.15, 0.2) is 4.80 Å². The molecule has 0 aliphatic carbocycles. The van der Waals surface area contributed by atoms with E-state index >= 15 is 0 Å². The molecule has 0 unspecified atom stereocenters. The first-order chi connectivity index (χ1) is 19.7. The van der Waals surface area contributed by atoms with Crippen molar-refractivity contribution in [3.8, 4) is 5.75 Å². The lowest BCUT2D eigenvalue weighted by atomic mass is 9.95. The number of benzene rings is 3. The molecule has 3 aromatic carbocycles. The van der Waals surface area contributed by atoms with Gasteiger partial charge < -0.3 is 9.47 Å². The summed E-state index contributed by atoms with van der Waals surface area (Å²) in [4.78, 5) is 32.0. The average Bonchev–Trinajstić information content (AvgIpc) is 3.23. The fourth-order valence-corrected chi connectivity index (χ4v) is 6.73. The first-order valence-electron chi connectivity index (χ1n) is 12.8. The summed E-state index contributed by atoms with van der Waals surface area (Å²) in [6, 6.07) is 18.2. The van der Waals surface area contributed by atoms with E-state index in [1.165, 1.54) is 11.3 Å². The van der Waals surface area contributed by atoms with Gasteiger partial charge in [0.05, 0.1) is 32.0 Å². The Kier molecular flexibility index (Phi) is 9.03. The topological polar surface area (TPSA) is 69.9 Å². The third kappa shape index (κ3) is 6.30. The van der Waals surface area contributed by atoms with Gasteiger partial charge in [0.25, 0.3) is 5.56 Å². The quantitative estimate of drug-likeness (QED) is 0.160. The molecule has 210 valence electrons. The third-order valence-corrected chi connectivity index (χ3v) is 8.98. The molecular weight excluding hydrogens is 694 g/mol. The molecule has 4 aromatic rings. The van der Waals surface area contributed by atoms with Crippen molar-refractivity contribution in [1.82, 2.24) is 4.57 Å². The van der Waals surface area contributed by atoms with Crippen molar-refractivity contribution in [3.05, 3.63) is 127 Å². The summed E-state index contributed by atoms with van der Waals surface area (Å²) < 4.78 is 14.4. The highest BCUT2D eigenvalue weighted by Crippen LogP contribution is 2.31. The van der Waals surface area contributed by atoms with E-state index < -0.39 is 12.0 Å². The molecule has 0 fully saturated rings. The Hall–Kier alpha value is -2.92. The predicted molar refractivity (Wildman–Crippen MR) is 172 cm³/mol. The number of aromatic nitrogens is 1. The third-order valence-electron chi connectivity index (χ3n) is 6.56. The van der Waals surface area contributed by atoms with Crippen LogP contribution in [0, 0.1) is 10.5 Å². The largest absolute Gasteiger partial charge is 0.488 e. The molecule has 0 amide bonds. The van der Waals surface area contributed by atoms with Crippen LogP contribution >= 0.6 is 57.1 Å². The summed E-state index contributed by atoms with van der Waals surface area (Å²) in [6.45, 7) is 6.06. The lowest BCUT2D eigenvalue weighted by Crippen LogP contribution is -2.39. The summed E-state index contributed by atoms with van der Waals surface area (Å²) in [5.41, 5.74) is 4.25. The maximum Gasteiger partial charge on any atom is 0.338 e. The standard InChI is InChI=1S/C31H25Cl2IN2O4S/c1-4-39-30(38)27-18(3)35-31-36(28(27)20-8-5-17(2)6-9-20)29(37)26(41-31)14-19-7-12-25(24(34)13-19)40-16-21-10-11-22(32)15-23(21)33/h5-15,28H,4,16H2,1-3H3/b26-14+/t28-/m0/s1. The maximum absolute atomic E-state index is 13.8. The molecule has 41 heavy (non-hydrogen) atoms. The minimum Gasteiger partial charge on any atom is -0.488 e. The van der Waals surface area contributed by atoms with Gasteiger partial charge in [0.2, 0.25) is 0 Å². The second-order valence-electron chi connectivity index (χ2n) is 9.43. The first-order valence-corrected chi connectivity index (χ1v) is 15.4. The van der Waals surface area contributed by atoms with Gasteiger partial charge in [-0.3, -0.25) is 9.36 Å². The maximum atomic E-state index is 13.8. The fourth-order valence-electron chi connectivity index (χ4n) is 4.53. The van der Waals surface area contributed by atoms with Gasteiger partial charge in [-0.15, -0.1) is 0 Å². The van der Waals surface area contributed by atoms with Crippen LogP contribution in [0.4, 0.5) is 0 Å².